The highest BCUT2D eigenvalue weighted by Gasteiger charge is 2.36. The van der Waals surface area contributed by atoms with Crippen molar-refractivity contribution in [3.63, 3.8) is 0 Å². The number of anilines is 1. The summed E-state index contributed by atoms with van der Waals surface area (Å²) in [5, 5.41) is 12.0. The van der Waals surface area contributed by atoms with Crippen LogP contribution >= 0.6 is 0 Å². The van der Waals surface area contributed by atoms with Crippen LogP contribution in [0.25, 0.3) is 10.8 Å². The molecule has 6 nitrogen and oxygen atoms in total. The number of carbonyl (C=O) groups is 1. The monoisotopic (exact) mass is 376 g/mol. The Bertz CT molecular complexity index is 925. The summed E-state index contributed by atoms with van der Waals surface area (Å²) < 4.78 is 27.8. The molecule has 0 bridgehead atoms. The molecule has 1 fully saturated rings. The van der Waals surface area contributed by atoms with Crippen LogP contribution < -0.4 is 9.03 Å². The fourth-order valence-electron chi connectivity index (χ4n) is 3.26. The summed E-state index contributed by atoms with van der Waals surface area (Å²) in [7, 11) is -3.83. The van der Waals surface area contributed by atoms with E-state index in [4.69, 9.17) is 0 Å². The molecule has 1 aliphatic rings. The highest BCUT2D eigenvalue weighted by Crippen LogP contribution is 2.35. The van der Waals surface area contributed by atoms with Crippen LogP contribution in [0.5, 0.6) is 5.75 Å². The van der Waals surface area contributed by atoms with E-state index in [1.165, 1.54) is 5.56 Å². The number of carbonyl (C=O) groups excluding carboxylic acids is 1. The van der Waals surface area contributed by atoms with Gasteiger partial charge in [0.1, 0.15) is 12.0 Å². The molecule has 0 spiro atoms. The van der Waals surface area contributed by atoms with Gasteiger partial charge in [0, 0.05) is 0 Å². The molecule has 1 aliphatic heterocycles. The summed E-state index contributed by atoms with van der Waals surface area (Å²) >= 11 is 0. The fraction of sp³-hybridized carbons (Fsp3) is 0.421. The first-order valence-electron chi connectivity index (χ1n) is 8.81. The number of nitrogens with zero attached hydrogens (tertiary/aromatic N) is 1. The lowest BCUT2D eigenvalue weighted by Gasteiger charge is -2.18. The number of aromatic hydroxyl groups is 1. The molecule has 1 saturated heterocycles. The maximum Gasteiger partial charge on any atom is 0.302 e. The van der Waals surface area contributed by atoms with Crippen molar-refractivity contribution in [3.8, 4) is 5.75 Å². The number of aryl methyl sites for hydroxylation is 1. The van der Waals surface area contributed by atoms with Crippen molar-refractivity contribution in [3.05, 3.63) is 35.9 Å². The van der Waals surface area contributed by atoms with Crippen LogP contribution in [0.3, 0.4) is 0 Å². The Labute approximate surface area is 154 Å². The van der Waals surface area contributed by atoms with E-state index in [1.54, 1.807) is 12.1 Å². The predicted octanol–water partition coefficient (Wildman–Crippen LogP) is 2.75. The molecule has 0 saturated carbocycles. The standard InChI is InChI=1S/C19H24N2O4S/c1-13(2)4-3-5-14-6-7-15-10-19(23)18(9-16(15)8-14)21-11-17(12-22)20-26(21,24)25/h6-10,12-13,17,20,23H,3-5,11H2,1-2H3. The van der Waals surface area contributed by atoms with E-state index in [2.05, 4.69) is 18.6 Å². The van der Waals surface area contributed by atoms with Gasteiger partial charge in [0.15, 0.2) is 0 Å². The van der Waals surface area contributed by atoms with E-state index >= 15 is 0 Å². The molecular weight excluding hydrogens is 352 g/mol. The third-order valence-electron chi connectivity index (χ3n) is 4.63. The van der Waals surface area contributed by atoms with Gasteiger partial charge < -0.3 is 9.90 Å². The van der Waals surface area contributed by atoms with E-state index in [1.807, 2.05) is 18.2 Å². The molecule has 0 amide bonds. The van der Waals surface area contributed by atoms with E-state index in [0.717, 1.165) is 34.3 Å². The minimum absolute atomic E-state index is 0.0288. The topological polar surface area (TPSA) is 86.7 Å². The number of hydrogen-bond acceptors (Lipinski definition) is 4. The number of rotatable bonds is 6. The van der Waals surface area contributed by atoms with Gasteiger partial charge >= 0.3 is 10.2 Å². The van der Waals surface area contributed by atoms with Crippen molar-refractivity contribution in [1.82, 2.24) is 4.72 Å². The van der Waals surface area contributed by atoms with E-state index in [-0.39, 0.29) is 18.0 Å². The zero-order chi connectivity index (χ0) is 18.9. The average molecular weight is 376 g/mol. The molecule has 0 aliphatic carbocycles. The first-order chi connectivity index (χ1) is 12.3. The van der Waals surface area contributed by atoms with Crippen LogP contribution in [0.4, 0.5) is 5.69 Å². The summed E-state index contributed by atoms with van der Waals surface area (Å²) in [4.78, 5) is 10.9. The van der Waals surface area contributed by atoms with Gasteiger partial charge in [-0.15, -0.1) is 0 Å². The van der Waals surface area contributed by atoms with Crippen LogP contribution in [0.15, 0.2) is 30.3 Å². The van der Waals surface area contributed by atoms with Crippen LogP contribution in [0.2, 0.25) is 0 Å². The number of phenolic OH excluding ortho intramolecular Hbond substituents is 1. The van der Waals surface area contributed by atoms with Gasteiger partial charge in [-0.05, 0) is 47.2 Å². The Morgan fingerprint density at radius 1 is 1.27 bits per heavy atom. The van der Waals surface area contributed by atoms with Crippen molar-refractivity contribution < 1.29 is 18.3 Å². The third kappa shape index (κ3) is 3.83. The second-order valence-corrected chi connectivity index (χ2v) is 8.83. The molecule has 0 aromatic heterocycles. The van der Waals surface area contributed by atoms with Crippen molar-refractivity contribution in [2.24, 2.45) is 5.92 Å². The Balaban J connectivity index is 1.94. The second-order valence-electron chi connectivity index (χ2n) is 7.21. The van der Waals surface area contributed by atoms with Gasteiger partial charge in [0.2, 0.25) is 0 Å². The molecule has 26 heavy (non-hydrogen) atoms. The SMILES string of the molecule is CC(C)CCCc1ccc2cc(O)c(N3CC(C=O)NS3(=O)=O)cc2c1. The molecule has 2 aromatic carbocycles. The van der Waals surface area contributed by atoms with Crippen LogP contribution in [-0.2, 0) is 21.4 Å². The van der Waals surface area contributed by atoms with Crippen LogP contribution in [-0.4, -0.2) is 32.4 Å². The molecule has 0 radical (unpaired) electrons. The number of fused-ring (bicyclic) bond motifs is 1. The van der Waals surface area contributed by atoms with E-state index in [9.17, 15) is 18.3 Å². The largest absolute Gasteiger partial charge is 0.506 e. The normalized spacial score (nSPS) is 19.3. The van der Waals surface area contributed by atoms with Gasteiger partial charge in [-0.2, -0.15) is 13.1 Å². The van der Waals surface area contributed by atoms with E-state index in [0.29, 0.717) is 12.2 Å². The zero-order valence-corrected chi connectivity index (χ0v) is 15.8. The van der Waals surface area contributed by atoms with Gasteiger partial charge in [-0.1, -0.05) is 38.5 Å². The van der Waals surface area contributed by atoms with Crippen molar-refractivity contribution in [2.45, 2.75) is 39.2 Å². The van der Waals surface area contributed by atoms with Gasteiger partial charge in [-0.3, -0.25) is 4.31 Å². The molecule has 1 atom stereocenters. The first-order valence-corrected chi connectivity index (χ1v) is 10.2. The number of benzene rings is 2. The summed E-state index contributed by atoms with van der Waals surface area (Å²) in [6, 6.07) is 8.44. The van der Waals surface area contributed by atoms with E-state index < -0.39 is 16.3 Å². The Kier molecular flexibility index (Phi) is 5.20. The number of nitrogens with one attached hydrogen (secondary N) is 1. The second kappa shape index (κ2) is 7.25. The minimum Gasteiger partial charge on any atom is -0.506 e. The average Bonchev–Trinajstić information content (AvgIpc) is 2.88. The first kappa shape index (κ1) is 18.7. The summed E-state index contributed by atoms with van der Waals surface area (Å²) in [6.07, 6.45) is 3.77. The number of hydrogen-bond donors (Lipinski definition) is 2. The molecular formula is C19H24N2O4S. The van der Waals surface area contributed by atoms with Crippen molar-refractivity contribution in [2.75, 3.05) is 10.8 Å². The maximum absolute atomic E-state index is 12.2. The molecule has 3 rings (SSSR count). The maximum atomic E-state index is 12.2. The lowest BCUT2D eigenvalue weighted by Crippen LogP contribution is -2.30. The molecule has 2 N–H and O–H groups in total. The minimum atomic E-state index is -3.83. The summed E-state index contributed by atoms with van der Waals surface area (Å²) in [5.74, 6) is 0.541. The van der Waals surface area contributed by atoms with Crippen LogP contribution in [0.1, 0.15) is 32.3 Å². The Morgan fingerprint density at radius 3 is 2.69 bits per heavy atom. The van der Waals surface area contributed by atoms with Gasteiger partial charge in [0.05, 0.1) is 18.3 Å². The molecule has 1 unspecified atom stereocenters. The summed E-state index contributed by atoms with van der Waals surface area (Å²) in [5.41, 5.74) is 1.37. The lowest BCUT2D eigenvalue weighted by molar-refractivity contribution is -0.108. The smallest absolute Gasteiger partial charge is 0.302 e. The molecule has 7 heteroatoms. The van der Waals surface area contributed by atoms with Crippen molar-refractivity contribution >= 4 is 33.0 Å². The van der Waals surface area contributed by atoms with Crippen LogP contribution in [0, 0.1) is 5.92 Å². The predicted molar refractivity (Wildman–Crippen MR) is 103 cm³/mol. The highest BCUT2D eigenvalue weighted by molar-refractivity contribution is 7.91. The van der Waals surface area contributed by atoms with Crippen molar-refractivity contribution in [1.29, 1.82) is 0 Å². The molecule has 2 aromatic rings. The zero-order valence-electron chi connectivity index (χ0n) is 15.0. The fourth-order valence-corrected chi connectivity index (χ4v) is 4.66. The van der Waals surface area contributed by atoms with Gasteiger partial charge in [-0.25, -0.2) is 0 Å². The molecule has 1 heterocycles. The summed E-state index contributed by atoms with van der Waals surface area (Å²) in [6.45, 7) is 4.37. The van der Waals surface area contributed by atoms with Gasteiger partial charge in [0.25, 0.3) is 0 Å². The Hall–Kier alpha value is -2.12. The number of phenols is 1. The number of aldehydes is 1. The quantitative estimate of drug-likeness (QED) is 0.759. The Morgan fingerprint density at radius 2 is 2.04 bits per heavy atom. The highest BCUT2D eigenvalue weighted by atomic mass is 32.2. The lowest BCUT2D eigenvalue weighted by atomic mass is 9.99. The third-order valence-corrected chi connectivity index (χ3v) is 6.16. The molecule has 140 valence electrons.